The minimum absolute atomic E-state index is 0.0994. The van der Waals surface area contributed by atoms with Crippen molar-refractivity contribution in [2.24, 2.45) is 13.0 Å². The average Bonchev–Trinajstić information content (AvgIpc) is 3.19. The molecule has 3 rings (SSSR count). The van der Waals surface area contributed by atoms with Crippen LogP contribution < -0.4 is 10.1 Å². The van der Waals surface area contributed by atoms with Gasteiger partial charge in [-0.15, -0.1) is 0 Å². The standard InChI is InChI=1S/C17H23N5O2/c1-3-24-16-15(5-4-7-18-16)20-17(23)22-8-6-13(12-22)9-14-10-19-21(2)11-14/h4-5,7,10-11,13H,3,6,8-9,12H2,1-2H3,(H,20,23). The number of aromatic nitrogens is 3. The van der Waals surface area contributed by atoms with Crippen LogP contribution in [0.4, 0.5) is 10.5 Å². The van der Waals surface area contributed by atoms with Gasteiger partial charge in [-0.3, -0.25) is 4.68 Å². The van der Waals surface area contributed by atoms with Crippen molar-refractivity contribution in [1.29, 1.82) is 0 Å². The van der Waals surface area contributed by atoms with Gasteiger partial charge in [0.05, 0.1) is 12.8 Å². The fourth-order valence-corrected chi connectivity index (χ4v) is 3.03. The summed E-state index contributed by atoms with van der Waals surface area (Å²) in [5.41, 5.74) is 1.83. The van der Waals surface area contributed by atoms with Crippen LogP contribution in [0.1, 0.15) is 18.9 Å². The molecule has 0 radical (unpaired) electrons. The number of urea groups is 1. The first-order valence-electron chi connectivity index (χ1n) is 8.27. The molecule has 7 nitrogen and oxygen atoms in total. The van der Waals surface area contributed by atoms with E-state index in [9.17, 15) is 4.79 Å². The van der Waals surface area contributed by atoms with Gasteiger partial charge in [-0.25, -0.2) is 9.78 Å². The SMILES string of the molecule is CCOc1ncccc1NC(=O)N1CCC(Cc2cnn(C)c2)C1. The third-order valence-corrected chi connectivity index (χ3v) is 4.15. The number of pyridine rings is 1. The summed E-state index contributed by atoms with van der Waals surface area (Å²) in [6.07, 6.45) is 7.54. The molecule has 0 aliphatic carbocycles. The largest absolute Gasteiger partial charge is 0.476 e. The molecule has 0 bridgehead atoms. The van der Waals surface area contributed by atoms with Crippen LogP contribution >= 0.6 is 0 Å². The van der Waals surface area contributed by atoms with Crippen molar-refractivity contribution in [2.45, 2.75) is 19.8 Å². The number of ether oxygens (including phenoxy) is 1. The van der Waals surface area contributed by atoms with Crippen LogP contribution in [0.2, 0.25) is 0 Å². The van der Waals surface area contributed by atoms with E-state index in [4.69, 9.17) is 4.74 Å². The van der Waals surface area contributed by atoms with Crippen molar-refractivity contribution >= 4 is 11.7 Å². The Bertz CT molecular complexity index is 700. The molecule has 0 aromatic carbocycles. The van der Waals surface area contributed by atoms with Crippen LogP contribution in [0.15, 0.2) is 30.7 Å². The van der Waals surface area contributed by atoms with Gasteiger partial charge < -0.3 is 15.0 Å². The van der Waals surface area contributed by atoms with Crippen LogP contribution in [0, 0.1) is 5.92 Å². The Kier molecular flexibility index (Phi) is 4.98. The van der Waals surface area contributed by atoms with Crippen molar-refractivity contribution in [3.05, 3.63) is 36.3 Å². The van der Waals surface area contributed by atoms with Crippen LogP contribution in [0.5, 0.6) is 5.88 Å². The molecule has 1 saturated heterocycles. The third-order valence-electron chi connectivity index (χ3n) is 4.15. The second kappa shape index (κ2) is 7.33. The van der Waals surface area contributed by atoms with Gasteiger partial charge >= 0.3 is 6.03 Å². The normalized spacial score (nSPS) is 17.1. The van der Waals surface area contributed by atoms with E-state index in [1.165, 1.54) is 5.56 Å². The average molecular weight is 329 g/mol. The first kappa shape index (κ1) is 16.3. The molecule has 1 N–H and O–H groups in total. The molecular weight excluding hydrogens is 306 g/mol. The zero-order valence-electron chi connectivity index (χ0n) is 14.1. The Morgan fingerprint density at radius 1 is 1.50 bits per heavy atom. The van der Waals surface area contributed by atoms with Crippen molar-refractivity contribution < 1.29 is 9.53 Å². The third kappa shape index (κ3) is 3.84. The number of rotatable bonds is 5. The summed E-state index contributed by atoms with van der Waals surface area (Å²) in [6, 6.07) is 3.49. The second-order valence-corrected chi connectivity index (χ2v) is 6.05. The summed E-state index contributed by atoms with van der Waals surface area (Å²) in [5.74, 6) is 0.930. The predicted octanol–water partition coefficient (Wildman–Crippen LogP) is 2.31. The van der Waals surface area contributed by atoms with E-state index in [2.05, 4.69) is 15.4 Å². The molecule has 128 valence electrons. The quantitative estimate of drug-likeness (QED) is 0.914. The van der Waals surface area contributed by atoms with Crippen LogP contribution in [-0.2, 0) is 13.5 Å². The molecule has 1 atom stereocenters. The number of anilines is 1. The molecule has 7 heteroatoms. The van der Waals surface area contributed by atoms with Crippen LogP contribution in [0.3, 0.4) is 0 Å². The summed E-state index contributed by atoms with van der Waals surface area (Å²) in [7, 11) is 1.92. The molecule has 2 aromatic heterocycles. The minimum atomic E-state index is -0.0994. The van der Waals surface area contributed by atoms with Crippen molar-refractivity contribution in [1.82, 2.24) is 19.7 Å². The predicted molar refractivity (Wildman–Crippen MR) is 91.0 cm³/mol. The number of likely N-dealkylation sites (tertiary alicyclic amines) is 1. The van der Waals surface area contributed by atoms with Crippen LogP contribution in [-0.4, -0.2) is 45.4 Å². The Morgan fingerprint density at radius 2 is 2.38 bits per heavy atom. The highest BCUT2D eigenvalue weighted by molar-refractivity contribution is 5.90. The zero-order valence-corrected chi connectivity index (χ0v) is 14.1. The van der Waals surface area contributed by atoms with E-state index < -0.39 is 0 Å². The van der Waals surface area contributed by atoms with Crippen molar-refractivity contribution in [3.8, 4) is 5.88 Å². The van der Waals surface area contributed by atoms with Crippen molar-refractivity contribution in [2.75, 3.05) is 25.0 Å². The van der Waals surface area contributed by atoms with Gasteiger partial charge in [0.2, 0.25) is 5.88 Å². The summed E-state index contributed by atoms with van der Waals surface area (Å²) in [5, 5.41) is 7.11. The first-order chi connectivity index (χ1) is 11.7. The number of hydrogen-bond donors (Lipinski definition) is 1. The highest BCUT2D eigenvalue weighted by Gasteiger charge is 2.27. The smallest absolute Gasteiger partial charge is 0.322 e. The molecule has 1 unspecified atom stereocenters. The first-order valence-corrected chi connectivity index (χ1v) is 8.27. The lowest BCUT2D eigenvalue weighted by atomic mass is 10.0. The monoisotopic (exact) mass is 329 g/mol. The maximum Gasteiger partial charge on any atom is 0.322 e. The molecule has 3 heterocycles. The van der Waals surface area contributed by atoms with E-state index in [0.29, 0.717) is 24.1 Å². The summed E-state index contributed by atoms with van der Waals surface area (Å²) in [6.45, 7) is 3.92. The van der Waals surface area contributed by atoms with Gasteiger partial charge in [0, 0.05) is 32.5 Å². The van der Waals surface area contributed by atoms with Gasteiger partial charge in [-0.2, -0.15) is 5.10 Å². The number of nitrogens with zero attached hydrogens (tertiary/aromatic N) is 4. The second-order valence-electron chi connectivity index (χ2n) is 6.05. The number of amides is 2. The zero-order chi connectivity index (χ0) is 16.9. The topological polar surface area (TPSA) is 72.3 Å². The van der Waals surface area contributed by atoms with Gasteiger partial charge in [0.1, 0.15) is 5.69 Å². The molecular formula is C17H23N5O2. The van der Waals surface area contributed by atoms with E-state index in [1.807, 2.05) is 35.9 Å². The Hall–Kier alpha value is -2.57. The summed E-state index contributed by atoms with van der Waals surface area (Å²) in [4.78, 5) is 18.5. The molecule has 0 saturated carbocycles. The Balaban J connectivity index is 1.57. The lowest BCUT2D eigenvalue weighted by Gasteiger charge is -2.18. The highest BCUT2D eigenvalue weighted by atomic mass is 16.5. The number of aryl methyl sites for hydroxylation is 1. The van der Waals surface area contributed by atoms with E-state index >= 15 is 0 Å². The maximum atomic E-state index is 12.5. The summed E-state index contributed by atoms with van der Waals surface area (Å²) < 4.78 is 7.26. The molecule has 2 amide bonds. The van der Waals surface area contributed by atoms with Gasteiger partial charge in [0.15, 0.2) is 0 Å². The number of carbonyl (C=O) groups is 1. The minimum Gasteiger partial charge on any atom is -0.476 e. The highest BCUT2D eigenvalue weighted by Crippen LogP contribution is 2.24. The number of hydrogen-bond acceptors (Lipinski definition) is 4. The lowest BCUT2D eigenvalue weighted by Crippen LogP contribution is -2.33. The summed E-state index contributed by atoms with van der Waals surface area (Å²) >= 11 is 0. The van der Waals surface area contributed by atoms with E-state index in [1.54, 1.807) is 18.3 Å². The molecule has 24 heavy (non-hydrogen) atoms. The fraction of sp³-hybridized carbons (Fsp3) is 0.471. The lowest BCUT2D eigenvalue weighted by molar-refractivity contribution is 0.220. The molecule has 0 spiro atoms. The Labute approximate surface area is 141 Å². The molecule has 1 fully saturated rings. The maximum absolute atomic E-state index is 12.5. The van der Waals surface area contributed by atoms with Gasteiger partial charge in [0.25, 0.3) is 0 Å². The molecule has 1 aliphatic heterocycles. The van der Waals surface area contributed by atoms with E-state index in [0.717, 1.165) is 25.9 Å². The Morgan fingerprint density at radius 3 is 3.12 bits per heavy atom. The number of carbonyl (C=O) groups excluding carboxylic acids is 1. The van der Waals surface area contributed by atoms with Gasteiger partial charge in [-0.05, 0) is 43.4 Å². The van der Waals surface area contributed by atoms with Crippen molar-refractivity contribution in [3.63, 3.8) is 0 Å². The molecule has 1 aliphatic rings. The van der Waals surface area contributed by atoms with Gasteiger partial charge in [-0.1, -0.05) is 0 Å². The van der Waals surface area contributed by atoms with Crippen LogP contribution in [0.25, 0.3) is 0 Å². The molecule has 2 aromatic rings. The number of nitrogens with one attached hydrogen (secondary N) is 1. The van der Waals surface area contributed by atoms with E-state index in [-0.39, 0.29) is 6.03 Å². The fourth-order valence-electron chi connectivity index (χ4n) is 3.03.